The lowest BCUT2D eigenvalue weighted by molar-refractivity contribution is 0.102. The molecule has 2 heterocycles. The van der Waals surface area contributed by atoms with Crippen LogP contribution in [0.15, 0.2) is 53.7 Å². The van der Waals surface area contributed by atoms with Crippen molar-refractivity contribution < 1.29 is 4.79 Å². The van der Waals surface area contributed by atoms with E-state index in [9.17, 15) is 9.59 Å². The van der Waals surface area contributed by atoms with E-state index in [1.54, 1.807) is 6.33 Å². The minimum Gasteiger partial charge on any atom is -0.357 e. The lowest BCUT2D eigenvalue weighted by Gasteiger charge is -2.08. The number of aromatic nitrogens is 3. The van der Waals surface area contributed by atoms with Crippen LogP contribution in [0, 0.1) is 13.8 Å². The number of carbonyl (C=O) groups is 1. The van der Waals surface area contributed by atoms with E-state index in [0.717, 1.165) is 17.1 Å². The first-order valence-corrected chi connectivity index (χ1v) is 7.15. The van der Waals surface area contributed by atoms with Crippen molar-refractivity contribution in [3.05, 3.63) is 76.2 Å². The Morgan fingerprint density at radius 2 is 1.91 bits per heavy atom. The maximum Gasteiger partial charge on any atom is 0.272 e. The summed E-state index contributed by atoms with van der Waals surface area (Å²) in [5.41, 5.74) is 3.68. The summed E-state index contributed by atoms with van der Waals surface area (Å²) in [5.74, 6) is -0.356. The van der Waals surface area contributed by atoms with Crippen molar-refractivity contribution in [2.75, 3.05) is 5.32 Å². The van der Waals surface area contributed by atoms with Gasteiger partial charge in [-0.1, -0.05) is 0 Å². The Labute approximate surface area is 132 Å². The molecule has 0 bridgehead atoms. The van der Waals surface area contributed by atoms with Crippen molar-refractivity contribution in [2.45, 2.75) is 13.8 Å². The molecule has 3 aromatic rings. The number of aromatic amines is 1. The number of pyridine rings is 1. The van der Waals surface area contributed by atoms with Crippen molar-refractivity contribution in [3.8, 4) is 5.69 Å². The molecule has 0 saturated carbocycles. The topological polar surface area (TPSA) is 79.8 Å². The number of amides is 1. The number of nitrogens with zero attached hydrogens (tertiary/aromatic N) is 2. The van der Waals surface area contributed by atoms with E-state index in [1.807, 2.05) is 42.7 Å². The third-order valence-corrected chi connectivity index (χ3v) is 3.67. The third kappa shape index (κ3) is 3.06. The molecule has 0 atom stereocenters. The quantitative estimate of drug-likeness (QED) is 0.780. The average molecular weight is 308 g/mol. The van der Waals surface area contributed by atoms with Crippen molar-refractivity contribution >= 4 is 11.6 Å². The molecule has 6 nitrogen and oxygen atoms in total. The molecule has 0 radical (unpaired) electrons. The van der Waals surface area contributed by atoms with Crippen molar-refractivity contribution in [1.82, 2.24) is 14.5 Å². The predicted octanol–water partition coefficient (Wildman–Crippen LogP) is 2.43. The Bertz CT molecular complexity index is 907. The molecule has 116 valence electrons. The van der Waals surface area contributed by atoms with Gasteiger partial charge in [0.2, 0.25) is 0 Å². The molecule has 0 saturated heterocycles. The van der Waals surface area contributed by atoms with Crippen LogP contribution in [0.2, 0.25) is 0 Å². The molecule has 1 amide bonds. The first-order valence-electron chi connectivity index (χ1n) is 7.15. The molecule has 23 heavy (non-hydrogen) atoms. The van der Waals surface area contributed by atoms with Gasteiger partial charge in [0.05, 0.1) is 12.0 Å². The molecule has 0 spiro atoms. The van der Waals surface area contributed by atoms with Gasteiger partial charge in [-0.05, 0) is 38.1 Å². The van der Waals surface area contributed by atoms with E-state index in [1.165, 1.54) is 18.3 Å². The van der Waals surface area contributed by atoms with Crippen LogP contribution in [0.5, 0.6) is 0 Å². The van der Waals surface area contributed by atoms with Crippen LogP contribution in [0.25, 0.3) is 5.69 Å². The third-order valence-electron chi connectivity index (χ3n) is 3.67. The number of carbonyl (C=O) groups excluding carboxylic acids is 1. The number of anilines is 1. The minimum atomic E-state index is -0.356. The minimum absolute atomic E-state index is 0.213. The van der Waals surface area contributed by atoms with Crippen LogP contribution in [0.3, 0.4) is 0 Å². The number of hydrogen-bond acceptors (Lipinski definition) is 3. The highest BCUT2D eigenvalue weighted by atomic mass is 16.2. The van der Waals surface area contributed by atoms with E-state index < -0.39 is 0 Å². The van der Waals surface area contributed by atoms with Crippen molar-refractivity contribution in [3.63, 3.8) is 0 Å². The Balaban J connectivity index is 1.79. The molecule has 0 fully saturated rings. The van der Waals surface area contributed by atoms with Gasteiger partial charge in [-0.3, -0.25) is 9.59 Å². The van der Waals surface area contributed by atoms with E-state index in [2.05, 4.69) is 15.3 Å². The largest absolute Gasteiger partial charge is 0.357 e. The lowest BCUT2D eigenvalue weighted by Crippen LogP contribution is -2.16. The van der Waals surface area contributed by atoms with Gasteiger partial charge in [0, 0.05) is 35.4 Å². The first kappa shape index (κ1) is 14.8. The van der Waals surface area contributed by atoms with E-state index in [4.69, 9.17) is 0 Å². The van der Waals surface area contributed by atoms with Crippen LogP contribution >= 0.6 is 0 Å². The monoisotopic (exact) mass is 308 g/mol. The highest BCUT2D eigenvalue weighted by Gasteiger charge is 2.08. The number of nitrogens with one attached hydrogen (secondary N) is 2. The van der Waals surface area contributed by atoms with Crippen LogP contribution in [0.4, 0.5) is 5.69 Å². The summed E-state index contributed by atoms with van der Waals surface area (Å²) in [6, 6.07) is 10.0. The summed E-state index contributed by atoms with van der Waals surface area (Å²) in [4.78, 5) is 30.4. The SMILES string of the molecule is Cc1ncn(-c2ccc(NC(=O)c3cc(=O)cc[nH]3)cc2)c1C. The molecule has 0 aliphatic heterocycles. The summed E-state index contributed by atoms with van der Waals surface area (Å²) in [6.07, 6.45) is 3.22. The van der Waals surface area contributed by atoms with Crippen LogP contribution in [-0.2, 0) is 0 Å². The molecule has 6 heteroatoms. The molecule has 0 aliphatic carbocycles. The molecule has 0 aliphatic rings. The van der Waals surface area contributed by atoms with E-state index >= 15 is 0 Å². The maximum absolute atomic E-state index is 12.1. The van der Waals surface area contributed by atoms with Crippen molar-refractivity contribution in [2.24, 2.45) is 0 Å². The Kier molecular flexibility index (Phi) is 3.80. The molecular formula is C17H16N4O2. The number of hydrogen-bond donors (Lipinski definition) is 2. The second kappa shape index (κ2) is 5.92. The van der Waals surface area contributed by atoms with Crippen LogP contribution in [0.1, 0.15) is 21.9 Å². The number of benzene rings is 1. The average Bonchev–Trinajstić information content (AvgIpc) is 2.88. The van der Waals surface area contributed by atoms with Crippen LogP contribution < -0.4 is 10.7 Å². The normalized spacial score (nSPS) is 10.5. The fraction of sp³-hybridized carbons (Fsp3) is 0.118. The Morgan fingerprint density at radius 1 is 1.17 bits per heavy atom. The Morgan fingerprint density at radius 3 is 2.52 bits per heavy atom. The molecule has 2 N–H and O–H groups in total. The van der Waals surface area contributed by atoms with Gasteiger partial charge >= 0.3 is 0 Å². The molecule has 1 aromatic carbocycles. The summed E-state index contributed by atoms with van der Waals surface area (Å²) >= 11 is 0. The fourth-order valence-corrected chi connectivity index (χ4v) is 2.24. The molecule has 0 unspecified atom stereocenters. The smallest absolute Gasteiger partial charge is 0.272 e. The summed E-state index contributed by atoms with van der Waals surface area (Å²) in [5, 5.41) is 2.75. The predicted molar refractivity (Wildman–Crippen MR) is 88.1 cm³/mol. The summed E-state index contributed by atoms with van der Waals surface area (Å²) < 4.78 is 1.98. The van der Waals surface area contributed by atoms with Gasteiger partial charge in [-0.25, -0.2) is 4.98 Å². The van der Waals surface area contributed by atoms with Gasteiger partial charge in [-0.15, -0.1) is 0 Å². The molecule has 3 rings (SSSR count). The first-order chi connectivity index (χ1) is 11.0. The number of rotatable bonds is 3. The zero-order chi connectivity index (χ0) is 16.4. The molecule has 2 aromatic heterocycles. The standard InChI is InChI=1S/C17H16N4O2/c1-11-12(2)21(10-19-11)14-5-3-13(4-6-14)20-17(23)16-9-15(22)7-8-18-16/h3-10H,1-2H3,(H,18,22)(H,20,23). The van der Waals surface area contributed by atoms with Gasteiger partial charge in [0.1, 0.15) is 5.69 Å². The zero-order valence-corrected chi connectivity index (χ0v) is 12.8. The van der Waals surface area contributed by atoms with Crippen LogP contribution in [-0.4, -0.2) is 20.4 Å². The van der Waals surface area contributed by atoms with Crippen molar-refractivity contribution in [1.29, 1.82) is 0 Å². The van der Waals surface area contributed by atoms with Gasteiger partial charge in [-0.2, -0.15) is 0 Å². The molecular weight excluding hydrogens is 292 g/mol. The highest BCUT2D eigenvalue weighted by molar-refractivity contribution is 6.02. The highest BCUT2D eigenvalue weighted by Crippen LogP contribution is 2.17. The van der Waals surface area contributed by atoms with E-state index in [0.29, 0.717) is 5.69 Å². The van der Waals surface area contributed by atoms with Gasteiger partial charge in [0.15, 0.2) is 5.43 Å². The Hall–Kier alpha value is -3.15. The zero-order valence-electron chi connectivity index (χ0n) is 12.8. The van der Waals surface area contributed by atoms with E-state index in [-0.39, 0.29) is 17.0 Å². The summed E-state index contributed by atoms with van der Waals surface area (Å²) in [7, 11) is 0. The second-order valence-corrected chi connectivity index (χ2v) is 5.22. The lowest BCUT2D eigenvalue weighted by atomic mass is 10.2. The number of imidazole rings is 1. The van der Waals surface area contributed by atoms with Gasteiger partial charge < -0.3 is 14.9 Å². The summed E-state index contributed by atoms with van der Waals surface area (Å²) in [6.45, 7) is 3.96. The fourth-order valence-electron chi connectivity index (χ4n) is 2.24. The van der Waals surface area contributed by atoms with Gasteiger partial charge in [0.25, 0.3) is 5.91 Å². The number of aryl methyl sites for hydroxylation is 1. The number of H-pyrrole nitrogens is 1. The second-order valence-electron chi connectivity index (χ2n) is 5.22. The maximum atomic E-state index is 12.1.